The van der Waals surface area contributed by atoms with Gasteiger partial charge in [-0.15, -0.1) is 5.10 Å². The van der Waals surface area contributed by atoms with Crippen LogP contribution in [0.25, 0.3) is 11.3 Å². The Bertz CT molecular complexity index is 1020. The van der Waals surface area contributed by atoms with Gasteiger partial charge in [0, 0.05) is 11.1 Å². The summed E-state index contributed by atoms with van der Waals surface area (Å²) in [5.41, 5.74) is 2.41. The smallest absolute Gasteiger partial charge is 0.361 e. The third-order valence-corrected chi connectivity index (χ3v) is 3.97. The topological polar surface area (TPSA) is 110 Å². The Morgan fingerprint density at radius 2 is 2.00 bits per heavy atom. The van der Waals surface area contributed by atoms with Crippen LogP contribution >= 0.6 is 0 Å². The molecule has 1 aromatic heterocycles. The van der Waals surface area contributed by atoms with Crippen molar-refractivity contribution in [2.24, 2.45) is 0 Å². The molecular formula is C20H18N4O4. The van der Waals surface area contributed by atoms with Crippen LogP contribution in [0.15, 0.2) is 42.5 Å². The standard InChI is InChI=1S/C20H18N4O4/c1-3-27-20(25)19-18(22-24-23-19)13-8-9-16(17(10-13)26-2)28-12-15-7-5-4-6-14(15)11-21/h4-10H,3,12H2,1-2H3,(H,22,23,24). The molecule has 0 bridgehead atoms. The zero-order valence-electron chi connectivity index (χ0n) is 15.4. The lowest BCUT2D eigenvalue weighted by atomic mass is 10.1. The van der Waals surface area contributed by atoms with Crippen LogP contribution in [-0.2, 0) is 11.3 Å². The molecule has 8 nitrogen and oxygen atoms in total. The first-order chi connectivity index (χ1) is 13.7. The molecule has 0 aliphatic rings. The Kier molecular flexibility index (Phi) is 5.87. The minimum atomic E-state index is -0.557. The van der Waals surface area contributed by atoms with Gasteiger partial charge in [-0.05, 0) is 31.2 Å². The van der Waals surface area contributed by atoms with Gasteiger partial charge in [-0.25, -0.2) is 4.79 Å². The highest BCUT2D eigenvalue weighted by atomic mass is 16.5. The zero-order chi connectivity index (χ0) is 19.9. The molecule has 0 saturated carbocycles. The molecule has 0 fully saturated rings. The number of carbonyl (C=O) groups excluding carboxylic acids is 1. The number of nitriles is 1. The average Bonchev–Trinajstić information content (AvgIpc) is 3.22. The molecule has 1 N–H and O–H groups in total. The molecule has 8 heteroatoms. The highest BCUT2D eigenvalue weighted by molar-refractivity contribution is 5.94. The summed E-state index contributed by atoms with van der Waals surface area (Å²) in [7, 11) is 1.52. The molecule has 0 amide bonds. The molecule has 0 saturated heterocycles. The lowest BCUT2D eigenvalue weighted by Gasteiger charge is -2.12. The molecule has 0 aliphatic carbocycles. The Balaban J connectivity index is 1.85. The van der Waals surface area contributed by atoms with Crippen LogP contribution in [0.2, 0.25) is 0 Å². The van der Waals surface area contributed by atoms with Crippen molar-refractivity contribution in [3.63, 3.8) is 0 Å². The van der Waals surface area contributed by atoms with Crippen molar-refractivity contribution < 1.29 is 19.0 Å². The van der Waals surface area contributed by atoms with Crippen LogP contribution in [0, 0.1) is 11.3 Å². The minimum Gasteiger partial charge on any atom is -0.493 e. The number of H-pyrrole nitrogens is 1. The van der Waals surface area contributed by atoms with Crippen LogP contribution in [-0.4, -0.2) is 35.1 Å². The fraction of sp³-hybridized carbons (Fsp3) is 0.200. The Morgan fingerprint density at radius 1 is 1.18 bits per heavy atom. The van der Waals surface area contributed by atoms with Crippen LogP contribution in [0.1, 0.15) is 28.5 Å². The van der Waals surface area contributed by atoms with E-state index >= 15 is 0 Å². The van der Waals surface area contributed by atoms with Gasteiger partial charge in [-0.2, -0.15) is 15.6 Å². The SMILES string of the molecule is CCOC(=O)c1n[nH]nc1-c1ccc(OCc2ccccc2C#N)c(OC)c1. The fourth-order valence-corrected chi connectivity index (χ4v) is 2.62. The molecule has 0 spiro atoms. The van der Waals surface area contributed by atoms with E-state index in [0.717, 1.165) is 5.56 Å². The molecule has 3 aromatic rings. The molecule has 1 heterocycles. The first-order valence-corrected chi connectivity index (χ1v) is 8.55. The normalized spacial score (nSPS) is 10.2. The summed E-state index contributed by atoms with van der Waals surface area (Å²) < 4.78 is 16.2. The second-order valence-electron chi connectivity index (χ2n) is 5.66. The van der Waals surface area contributed by atoms with Gasteiger partial charge in [0.15, 0.2) is 17.2 Å². The van der Waals surface area contributed by atoms with Gasteiger partial charge in [-0.1, -0.05) is 18.2 Å². The zero-order valence-corrected chi connectivity index (χ0v) is 15.4. The summed E-state index contributed by atoms with van der Waals surface area (Å²) in [6.45, 7) is 2.18. The highest BCUT2D eigenvalue weighted by Gasteiger charge is 2.20. The number of ether oxygens (including phenoxy) is 3. The van der Waals surface area contributed by atoms with Crippen molar-refractivity contribution in [3.8, 4) is 28.8 Å². The van der Waals surface area contributed by atoms with Crippen molar-refractivity contribution in [1.82, 2.24) is 15.4 Å². The second kappa shape index (κ2) is 8.68. The summed E-state index contributed by atoms with van der Waals surface area (Å²) >= 11 is 0. The molecule has 0 aliphatic heterocycles. The summed E-state index contributed by atoms with van der Waals surface area (Å²) in [6, 6.07) is 14.5. The van der Waals surface area contributed by atoms with Gasteiger partial charge >= 0.3 is 5.97 Å². The Hall–Kier alpha value is -3.86. The summed E-state index contributed by atoms with van der Waals surface area (Å²) in [5.74, 6) is 0.406. The number of esters is 1. The van der Waals surface area contributed by atoms with Crippen LogP contribution in [0.4, 0.5) is 0 Å². The van der Waals surface area contributed by atoms with E-state index in [4.69, 9.17) is 14.2 Å². The number of aromatic nitrogens is 3. The summed E-state index contributed by atoms with van der Waals surface area (Å²) in [4.78, 5) is 12.0. The lowest BCUT2D eigenvalue weighted by molar-refractivity contribution is 0.0520. The lowest BCUT2D eigenvalue weighted by Crippen LogP contribution is -2.07. The number of nitrogens with one attached hydrogen (secondary N) is 1. The van der Waals surface area contributed by atoms with Gasteiger partial charge in [0.1, 0.15) is 12.3 Å². The number of nitrogens with zero attached hydrogens (tertiary/aromatic N) is 3. The Labute approximate surface area is 161 Å². The van der Waals surface area contributed by atoms with E-state index in [9.17, 15) is 10.1 Å². The number of aromatic amines is 1. The van der Waals surface area contributed by atoms with Gasteiger partial charge in [0.05, 0.1) is 25.3 Å². The third-order valence-electron chi connectivity index (χ3n) is 3.97. The number of benzene rings is 2. The first kappa shape index (κ1) is 18.9. The summed E-state index contributed by atoms with van der Waals surface area (Å²) in [6.07, 6.45) is 0. The quantitative estimate of drug-likeness (QED) is 0.629. The third kappa shape index (κ3) is 3.94. The van der Waals surface area contributed by atoms with E-state index < -0.39 is 5.97 Å². The second-order valence-corrected chi connectivity index (χ2v) is 5.66. The minimum absolute atomic E-state index is 0.0977. The van der Waals surface area contributed by atoms with Gasteiger partial charge in [0.25, 0.3) is 0 Å². The van der Waals surface area contributed by atoms with E-state index in [1.807, 2.05) is 12.1 Å². The van der Waals surface area contributed by atoms with Gasteiger partial charge < -0.3 is 14.2 Å². The van der Waals surface area contributed by atoms with E-state index in [1.165, 1.54) is 7.11 Å². The predicted molar refractivity (Wildman–Crippen MR) is 99.8 cm³/mol. The maximum Gasteiger partial charge on any atom is 0.361 e. The van der Waals surface area contributed by atoms with Crippen molar-refractivity contribution in [3.05, 3.63) is 59.3 Å². The molecule has 3 rings (SSSR count). The number of hydrogen-bond donors (Lipinski definition) is 1. The van der Waals surface area contributed by atoms with E-state index in [2.05, 4.69) is 21.5 Å². The molecule has 142 valence electrons. The van der Waals surface area contributed by atoms with Crippen LogP contribution in [0.5, 0.6) is 11.5 Å². The maximum atomic E-state index is 12.0. The molecule has 0 atom stereocenters. The molecule has 0 radical (unpaired) electrons. The molecule has 0 unspecified atom stereocenters. The van der Waals surface area contributed by atoms with Gasteiger partial charge in [0.2, 0.25) is 0 Å². The largest absolute Gasteiger partial charge is 0.493 e. The monoisotopic (exact) mass is 378 g/mol. The average molecular weight is 378 g/mol. The molecular weight excluding hydrogens is 360 g/mol. The maximum absolute atomic E-state index is 12.0. The Morgan fingerprint density at radius 3 is 2.75 bits per heavy atom. The number of rotatable bonds is 7. The molecule has 2 aromatic carbocycles. The van der Waals surface area contributed by atoms with Crippen molar-refractivity contribution in [2.45, 2.75) is 13.5 Å². The van der Waals surface area contributed by atoms with E-state index in [0.29, 0.717) is 28.3 Å². The highest BCUT2D eigenvalue weighted by Crippen LogP contribution is 2.33. The van der Waals surface area contributed by atoms with Crippen molar-refractivity contribution in [2.75, 3.05) is 13.7 Å². The van der Waals surface area contributed by atoms with E-state index in [1.54, 1.807) is 37.3 Å². The van der Waals surface area contributed by atoms with E-state index in [-0.39, 0.29) is 18.9 Å². The van der Waals surface area contributed by atoms with Crippen LogP contribution in [0.3, 0.4) is 0 Å². The number of methoxy groups -OCH3 is 1. The number of carbonyl (C=O) groups is 1. The predicted octanol–water partition coefficient (Wildman–Crippen LogP) is 3.11. The van der Waals surface area contributed by atoms with Gasteiger partial charge in [-0.3, -0.25) is 0 Å². The van der Waals surface area contributed by atoms with Crippen LogP contribution < -0.4 is 9.47 Å². The molecule has 28 heavy (non-hydrogen) atoms. The number of hydrogen-bond acceptors (Lipinski definition) is 7. The first-order valence-electron chi connectivity index (χ1n) is 8.55. The fourth-order valence-electron chi connectivity index (χ4n) is 2.62. The van der Waals surface area contributed by atoms with Crippen molar-refractivity contribution in [1.29, 1.82) is 5.26 Å². The van der Waals surface area contributed by atoms with Crippen molar-refractivity contribution >= 4 is 5.97 Å². The summed E-state index contributed by atoms with van der Waals surface area (Å²) in [5, 5.41) is 19.5.